The second kappa shape index (κ2) is 7.45. The minimum Gasteiger partial charge on any atom is -0.316 e. The lowest BCUT2D eigenvalue weighted by molar-refractivity contribution is 0.542. The van der Waals surface area contributed by atoms with Gasteiger partial charge in [0, 0.05) is 18.3 Å². The molecule has 0 bridgehead atoms. The smallest absolute Gasteiger partial charge is 0.216 e. The molecule has 1 aliphatic heterocycles. The summed E-state index contributed by atoms with van der Waals surface area (Å²) in [5, 5.41) is 3.07. The van der Waals surface area contributed by atoms with Crippen LogP contribution < -0.4 is 10.0 Å². The molecule has 1 aromatic carbocycles. The molecule has 1 heterocycles. The Bertz CT molecular complexity index is 526. The average Bonchev–Trinajstić information content (AvgIpc) is 2.39. The van der Waals surface area contributed by atoms with Crippen molar-refractivity contribution in [2.24, 2.45) is 0 Å². The molecule has 6 heteroatoms. The molecule has 1 saturated heterocycles. The van der Waals surface area contributed by atoms with Crippen LogP contribution in [-0.2, 0) is 22.3 Å². The summed E-state index contributed by atoms with van der Waals surface area (Å²) in [6.45, 7) is 0.751. The van der Waals surface area contributed by atoms with Gasteiger partial charge in [0.25, 0.3) is 0 Å². The fourth-order valence-corrected chi connectivity index (χ4v) is 4.97. The van der Waals surface area contributed by atoms with Crippen LogP contribution in [0.25, 0.3) is 0 Å². The summed E-state index contributed by atoms with van der Waals surface area (Å²) in [6, 6.07) is 7.82. The van der Waals surface area contributed by atoms with Crippen molar-refractivity contribution in [3.05, 3.63) is 35.4 Å². The van der Waals surface area contributed by atoms with Crippen LogP contribution in [0.5, 0.6) is 0 Å². The summed E-state index contributed by atoms with van der Waals surface area (Å²) in [4.78, 5) is 0. The molecule has 0 amide bonds. The fraction of sp³-hybridized carbons (Fsp3) is 0.571. The summed E-state index contributed by atoms with van der Waals surface area (Å²) in [5.41, 5.74) is 1.95. The zero-order valence-electron chi connectivity index (χ0n) is 11.8. The lowest BCUT2D eigenvalue weighted by Gasteiger charge is -2.22. The van der Waals surface area contributed by atoms with Crippen molar-refractivity contribution >= 4 is 21.8 Å². The molecule has 0 spiro atoms. The first-order valence-electron chi connectivity index (χ1n) is 6.89. The average molecular weight is 314 g/mol. The maximum Gasteiger partial charge on any atom is 0.216 e. The number of hydrogen-bond acceptors (Lipinski definition) is 4. The first kappa shape index (κ1) is 15.8. The first-order chi connectivity index (χ1) is 9.59. The van der Waals surface area contributed by atoms with E-state index in [4.69, 9.17) is 0 Å². The van der Waals surface area contributed by atoms with E-state index in [0.717, 1.165) is 42.0 Å². The summed E-state index contributed by atoms with van der Waals surface area (Å²) < 4.78 is 27.2. The van der Waals surface area contributed by atoms with E-state index >= 15 is 0 Å². The van der Waals surface area contributed by atoms with Gasteiger partial charge in [-0.1, -0.05) is 24.3 Å². The molecule has 1 unspecified atom stereocenters. The van der Waals surface area contributed by atoms with E-state index in [9.17, 15) is 8.42 Å². The van der Waals surface area contributed by atoms with E-state index in [0.29, 0.717) is 0 Å². The van der Waals surface area contributed by atoms with E-state index < -0.39 is 10.0 Å². The molecule has 1 aliphatic rings. The quantitative estimate of drug-likeness (QED) is 0.839. The van der Waals surface area contributed by atoms with Gasteiger partial charge in [-0.2, -0.15) is 11.8 Å². The second-order valence-electron chi connectivity index (χ2n) is 5.14. The molecule has 0 saturated carbocycles. The van der Waals surface area contributed by atoms with Crippen molar-refractivity contribution in [1.82, 2.24) is 10.0 Å². The van der Waals surface area contributed by atoms with Gasteiger partial charge in [-0.05, 0) is 36.8 Å². The topological polar surface area (TPSA) is 58.2 Å². The van der Waals surface area contributed by atoms with E-state index in [1.54, 1.807) is 0 Å². The molecule has 2 rings (SSSR count). The maximum absolute atomic E-state index is 12.2. The number of rotatable bonds is 6. The van der Waals surface area contributed by atoms with Gasteiger partial charge in [0.1, 0.15) is 0 Å². The highest BCUT2D eigenvalue weighted by Gasteiger charge is 2.20. The molecule has 1 aromatic rings. The van der Waals surface area contributed by atoms with Gasteiger partial charge in [-0.25, -0.2) is 13.1 Å². The lowest BCUT2D eigenvalue weighted by atomic mass is 10.1. The second-order valence-corrected chi connectivity index (χ2v) is 8.04. The molecule has 0 aliphatic carbocycles. The lowest BCUT2D eigenvalue weighted by Crippen LogP contribution is -2.38. The standard InChI is InChI=1S/C14H22N2O2S2/c1-15-9-12-4-2-5-13(8-12)11-20(17,18)16-14-6-3-7-19-10-14/h2,4-5,8,14-16H,3,6-7,9-11H2,1H3. The molecule has 0 radical (unpaired) electrons. The van der Waals surface area contributed by atoms with Gasteiger partial charge in [-0.15, -0.1) is 0 Å². The highest BCUT2D eigenvalue weighted by atomic mass is 32.2. The predicted molar refractivity (Wildman–Crippen MR) is 85.3 cm³/mol. The third-order valence-corrected chi connectivity index (χ3v) is 5.86. The Morgan fingerprint density at radius 2 is 2.15 bits per heavy atom. The van der Waals surface area contributed by atoms with Crippen LogP contribution in [0.4, 0.5) is 0 Å². The number of sulfonamides is 1. The molecule has 1 atom stereocenters. The SMILES string of the molecule is CNCc1cccc(CS(=O)(=O)NC2CCCSC2)c1. The van der Waals surface area contributed by atoms with Crippen molar-refractivity contribution in [2.45, 2.75) is 31.2 Å². The Kier molecular flexibility index (Phi) is 5.89. The monoisotopic (exact) mass is 314 g/mol. The summed E-state index contributed by atoms with van der Waals surface area (Å²) in [6.07, 6.45) is 2.04. The Balaban J connectivity index is 1.98. The molecule has 112 valence electrons. The van der Waals surface area contributed by atoms with Gasteiger partial charge in [0.15, 0.2) is 0 Å². The van der Waals surface area contributed by atoms with Crippen LogP contribution in [0.3, 0.4) is 0 Å². The van der Waals surface area contributed by atoms with Crippen molar-refractivity contribution in [3.63, 3.8) is 0 Å². The van der Waals surface area contributed by atoms with Crippen LogP contribution >= 0.6 is 11.8 Å². The first-order valence-corrected chi connectivity index (χ1v) is 9.70. The van der Waals surface area contributed by atoms with E-state index in [1.807, 2.05) is 43.1 Å². The summed E-state index contributed by atoms with van der Waals surface area (Å²) in [7, 11) is -1.37. The summed E-state index contributed by atoms with van der Waals surface area (Å²) >= 11 is 1.82. The minimum absolute atomic E-state index is 0.0612. The normalized spacial score (nSPS) is 19.9. The van der Waals surface area contributed by atoms with Crippen molar-refractivity contribution < 1.29 is 8.42 Å². The van der Waals surface area contributed by atoms with Crippen LogP contribution in [0.15, 0.2) is 24.3 Å². The number of hydrogen-bond donors (Lipinski definition) is 2. The third kappa shape index (κ3) is 5.09. The number of thioether (sulfide) groups is 1. The third-order valence-electron chi connectivity index (χ3n) is 3.24. The van der Waals surface area contributed by atoms with Crippen LogP contribution in [-0.4, -0.2) is 33.0 Å². The van der Waals surface area contributed by atoms with Crippen LogP contribution in [0.2, 0.25) is 0 Å². The highest BCUT2D eigenvalue weighted by molar-refractivity contribution is 7.99. The molecule has 0 aromatic heterocycles. The van der Waals surface area contributed by atoms with Gasteiger partial charge in [0.2, 0.25) is 10.0 Å². The Morgan fingerprint density at radius 3 is 2.85 bits per heavy atom. The Morgan fingerprint density at radius 1 is 1.35 bits per heavy atom. The van der Waals surface area contributed by atoms with Crippen molar-refractivity contribution in [2.75, 3.05) is 18.6 Å². The van der Waals surface area contributed by atoms with Crippen LogP contribution in [0, 0.1) is 0 Å². The zero-order chi connectivity index (χ0) is 14.4. The van der Waals surface area contributed by atoms with Crippen LogP contribution in [0.1, 0.15) is 24.0 Å². The van der Waals surface area contributed by atoms with Gasteiger partial charge in [-0.3, -0.25) is 0 Å². The maximum atomic E-state index is 12.2. The molecular formula is C14H22N2O2S2. The van der Waals surface area contributed by atoms with E-state index in [2.05, 4.69) is 10.0 Å². The van der Waals surface area contributed by atoms with Gasteiger partial charge < -0.3 is 5.32 Å². The highest BCUT2D eigenvalue weighted by Crippen LogP contribution is 2.18. The van der Waals surface area contributed by atoms with Crippen molar-refractivity contribution in [1.29, 1.82) is 0 Å². The largest absolute Gasteiger partial charge is 0.316 e. The number of nitrogens with one attached hydrogen (secondary N) is 2. The Hall–Kier alpha value is -0.560. The fourth-order valence-electron chi connectivity index (χ4n) is 2.38. The number of benzene rings is 1. The molecule has 4 nitrogen and oxygen atoms in total. The Labute approximate surface area is 125 Å². The van der Waals surface area contributed by atoms with E-state index in [1.165, 1.54) is 0 Å². The van der Waals surface area contributed by atoms with E-state index in [-0.39, 0.29) is 11.8 Å². The molecule has 2 N–H and O–H groups in total. The molecule has 20 heavy (non-hydrogen) atoms. The predicted octanol–water partition coefficient (Wildman–Crippen LogP) is 1.72. The molecule has 1 fully saturated rings. The van der Waals surface area contributed by atoms with Gasteiger partial charge in [0.05, 0.1) is 5.75 Å². The zero-order valence-corrected chi connectivity index (χ0v) is 13.4. The summed E-state index contributed by atoms with van der Waals surface area (Å²) in [5.74, 6) is 2.09. The van der Waals surface area contributed by atoms with Crippen molar-refractivity contribution in [3.8, 4) is 0 Å². The molecular weight excluding hydrogens is 292 g/mol. The minimum atomic E-state index is -3.25. The van der Waals surface area contributed by atoms with Gasteiger partial charge >= 0.3 is 0 Å².